The maximum absolute atomic E-state index is 12.7. The van der Waals surface area contributed by atoms with Crippen molar-refractivity contribution in [2.75, 3.05) is 44.1 Å². The van der Waals surface area contributed by atoms with Gasteiger partial charge in [-0.25, -0.2) is 9.97 Å². The molecule has 2 saturated heterocycles. The van der Waals surface area contributed by atoms with Gasteiger partial charge >= 0.3 is 0 Å². The van der Waals surface area contributed by atoms with E-state index < -0.39 is 15.5 Å². The second kappa shape index (κ2) is 7.76. The molecule has 32 heavy (non-hydrogen) atoms. The first-order valence-corrected chi connectivity index (χ1v) is 12.5. The summed E-state index contributed by atoms with van der Waals surface area (Å²) in [5, 5.41) is 13.1. The van der Waals surface area contributed by atoms with Gasteiger partial charge in [-0.05, 0) is 32.4 Å². The smallest absolute Gasteiger partial charge is 0.185 e. The molecule has 4 atom stereocenters. The van der Waals surface area contributed by atoms with Crippen molar-refractivity contribution in [3.63, 3.8) is 0 Å². The average Bonchev–Trinajstić information content (AvgIpc) is 3.59. The van der Waals surface area contributed by atoms with E-state index in [0.29, 0.717) is 37.1 Å². The zero-order chi connectivity index (χ0) is 22.7. The van der Waals surface area contributed by atoms with E-state index in [2.05, 4.69) is 17.1 Å². The number of aromatic nitrogens is 2. The molecule has 9 heteroatoms. The molecule has 5 rings (SSSR count). The van der Waals surface area contributed by atoms with Gasteiger partial charge in [0, 0.05) is 29.2 Å². The summed E-state index contributed by atoms with van der Waals surface area (Å²) in [4.78, 5) is 12.2. The molecule has 2 unspecified atom stereocenters. The van der Waals surface area contributed by atoms with Crippen LogP contribution in [-0.4, -0.2) is 70.6 Å². The average molecular weight is 459 g/mol. The highest BCUT2D eigenvalue weighted by Crippen LogP contribution is 2.44. The topological polar surface area (TPSA) is 107 Å². The number of fused-ring (bicyclic) bond motifs is 3. The van der Waals surface area contributed by atoms with E-state index in [1.54, 1.807) is 6.26 Å². The molecule has 1 aromatic heterocycles. The molecule has 1 aromatic carbocycles. The van der Waals surface area contributed by atoms with E-state index in [9.17, 15) is 9.32 Å². The zero-order valence-electron chi connectivity index (χ0n) is 18.9. The molecular weight excluding hydrogens is 428 g/mol. The number of ether oxygens (including phenoxy) is 2. The lowest BCUT2D eigenvalue weighted by Crippen LogP contribution is -2.56. The first-order valence-electron chi connectivity index (χ1n) is 11.0. The number of benzene rings is 1. The minimum Gasteiger partial charge on any atom is -0.486 e. The molecule has 0 aliphatic carbocycles. The maximum atomic E-state index is 12.7. The summed E-state index contributed by atoms with van der Waals surface area (Å²) in [7, 11) is -1.17. The number of nitrogens with one attached hydrogen (secondary N) is 1. The molecule has 3 aliphatic heterocycles. The first-order chi connectivity index (χ1) is 15.3. The van der Waals surface area contributed by atoms with Crippen LogP contribution in [0.5, 0.6) is 5.75 Å². The van der Waals surface area contributed by atoms with Gasteiger partial charge in [-0.1, -0.05) is 18.2 Å². The number of rotatable bonds is 5. The van der Waals surface area contributed by atoms with Gasteiger partial charge < -0.3 is 24.8 Å². The largest absolute Gasteiger partial charge is 0.486 e. The molecule has 2 fully saturated rings. The van der Waals surface area contributed by atoms with Crippen LogP contribution in [0.1, 0.15) is 32.0 Å². The summed E-state index contributed by atoms with van der Waals surface area (Å²) < 4.78 is 23.9. The van der Waals surface area contributed by atoms with Gasteiger partial charge in [0.25, 0.3) is 0 Å². The quantitative estimate of drug-likeness (QED) is 0.650. The fourth-order valence-electron chi connectivity index (χ4n) is 4.47. The van der Waals surface area contributed by atoms with Crippen molar-refractivity contribution >= 4 is 16.6 Å². The number of nitrogens with zero attached hydrogens (tertiary/aromatic N) is 3. The van der Waals surface area contributed by atoms with Crippen molar-refractivity contribution in [2.45, 2.75) is 43.1 Å². The third-order valence-electron chi connectivity index (χ3n) is 6.89. The highest BCUT2D eigenvalue weighted by Gasteiger charge is 2.44. The molecule has 0 radical (unpaired) electrons. The van der Waals surface area contributed by atoms with Crippen molar-refractivity contribution in [2.24, 2.45) is 0 Å². The summed E-state index contributed by atoms with van der Waals surface area (Å²) in [6.45, 7) is 8.45. The molecule has 3 aliphatic rings. The molecule has 172 valence electrons. The van der Waals surface area contributed by atoms with Gasteiger partial charge in [-0.15, -0.1) is 0 Å². The van der Waals surface area contributed by atoms with E-state index in [4.69, 9.17) is 19.4 Å². The Kier molecular flexibility index (Phi) is 5.28. The summed E-state index contributed by atoms with van der Waals surface area (Å²) >= 11 is 0. The number of hydrogen-bond donors (Lipinski definition) is 2. The van der Waals surface area contributed by atoms with Gasteiger partial charge in [-0.3, -0.25) is 4.21 Å². The fourth-order valence-corrected chi connectivity index (χ4v) is 4.89. The zero-order valence-corrected chi connectivity index (χ0v) is 19.7. The Hall–Kier alpha value is -2.07. The molecule has 2 aromatic rings. The van der Waals surface area contributed by atoms with Gasteiger partial charge in [0.1, 0.15) is 12.3 Å². The second-order valence-electron chi connectivity index (χ2n) is 9.45. The minimum atomic E-state index is -1.17. The number of hydrogen-bond acceptors (Lipinski definition) is 8. The van der Waals surface area contributed by atoms with Gasteiger partial charge in [0.05, 0.1) is 42.2 Å². The fraction of sp³-hybridized carbons (Fsp3) is 0.565. The molecule has 0 amide bonds. The number of aliphatic hydroxyl groups is 1. The van der Waals surface area contributed by atoms with Crippen LogP contribution in [0.15, 0.2) is 24.3 Å². The van der Waals surface area contributed by atoms with Crippen molar-refractivity contribution in [1.29, 1.82) is 0 Å². The predicted octanol–water partition coefficient (Wildman–Crippen LogP) is 1.53. The van der Waals surface area contributed by atoms with Crippen LogP contribution in [0.25, 0.3) is 11.4 Å². The summed E-state index contributed by atoms with van der Waals surface area (Å²) in [6.07, 6.45) is 1.70. The Balaban J connectivity index is 1.69. The lowest BCUT2D eigenvalue weighted by molar-refractivity contribution is 0.0482. The van der Waals surface area contributed by atoms with E-state index in [1.165, 1.54) is 0 Å². The normalized spacial score (nSPS) is 27.8. The van der Waals surface area contributed by atoms with Crippen LogP contribution in [0.2, 0.25) is 0 Å². The van der Waals surface area contributed by atoms with Crippen molar-refractivity contribution in [1.82, 2.24) is 15.3 Å². The summed E-state index contributed by atoms with van der Waals surface area (Å²) in [5.41, 5.74) is 2.13. The molecule has 0 spiro atoms. The van der Waals surface area contributed by atoms with E-state index >= 15 is 0 Å². The molecule has 8 nitrogen and oxygen atoms in total. The van der Waals surface area contributed by atoms with Crippen LogP contribution in [0.4, 0.5) is 5.82 Å². The SMILES string of the molecule is C[C@@H]1COC[C@H]2COc3c(nc(-c4cccc(C5(CO)CN5)c4)nc3C(C)(C)S(C)=O)N21. The van der Waals surface area contributed by atoms with Crippen LogP contribution in [0, 0.1) is 0 Å². The molecule has 4 heterocycles. The molecular formula is C23H30N4O4S. The monoisotopic (exact) mass is 458 g/mol. The van der Waals surface area contributed by atoms with Crippen molar-refractivity contribution < 1.29 is 18.8 Å². The van der Waals surface area contributed by atoms with Crippen molar-refractivity contribution in [3.8, 4) is 17.1 Å². The van der Waals surface area contributed by atoms with E-state index in [-0.39, 0.29) is 24.2 Å². The Morgan fingerprint density at radius 2 is 2.09 bits per heavy atom. The van der Waals surface area contributed by atoms with Crippen LogP contribution in [0.3, 0.4) is 0 Å². The van der Waals surface area contributed by atoms with Crippen LogP contribution in [-0.2, 0) is 25.8 Å². The second-order valence-corrected chi connectivity index (χ2v) is 11.4. The molecule has 2 N–H and O–H groups in total. The number of morpholine rings is 1. The Bertz CT molecular complexity index is 1070. The minimum absolute atomic E-state index is 0.0371. The van der Waals surface area contributed by atoms with Crippen molar-refractivity contribution in [3.05, 3.63) is 35.5 Å². The Morgan fingerprint density at radius 1 is 1.31 bits per heavy atom. The Morgan fingerprint density at radius 3 is 2.78 bits per heavy atom. The predicted molar refractivity (Wildman–Crippen MR) is 123 cm³/mol. The standard InChI is InChI=1S/C23H30N4O4S/c1-14-9-30-10-17-11-31-18-19(22(2,3)32(4)29)25-20(26-21(18)27(14)17)15-6-5-7-16(8-15)23(13-28)12-24-23/h5-8,14,17,24,28H,9-13H2,1-4H3/t14-,17+,23?,32?/m1/s1. The highest BCUT2D eigenvalue weighted by molar-refractivity contribution is 7.85. The lowest BCUT2D eigenvalue weighted by Gasteiger charge is -2.45. The number of aliphatic hydroxyl groups excluding tert-OH is 1. The number of anilines is 1. The molecule has 0 bridgehead atoms. The van der Waals surface area contributed by atoms with Crippen LogP contribution >= 0.6 is 0 Å². The summed E-state index contributed by atoms with van der Waals surface area (Å²) in [6, 6.07) is 8.19. The maximum Gasteiger partial charge on any atom is 0.185 e. The molecule has 0 saturated carbocycles. The van der Waals surface area contributed by atoms with E-state index in [0.717, 1.165) is 23.5 Å². The Labute approximate surface area is 190 Å². The highest BCUT2D eigenvalue weighted by atomic mass is 32.2. The van der Waals surface area contributed by atoms with Gasteiger partial charge in [0.2, 0.25) is 0 Å². The first kappa shape index (κ1) is 21.8. The van der Waals surface area contributed by atoms with Gasteiger partial charge in [-0.2, -0.15) is 0 Å². The van der Waals surface area contributed by atoms with Crippen LogP contribution < -0.4 is 15.0 Å². The lowest BCUT2D eigenvalue weighted by atomic mass is 9.97. The van der Waals surface area contributed by atoms with E-state index in [1.807, 2.05) is 38.1 Å². The van der Waals surface area contributed by atoms with Gasteiger partial charge in [0.15, 0.2) is 17.4 Å². The summed E-state index contributed by atoms with van der Waals surface area (Å²) in [5.74, 6) is 1.92. The third-order valence-corrected chi connectivity index (χ3v) is 8.52. The third kappa shape index (κ3) is 3.42.